The quantitative estimate of drug-likeness (QED) is 0.783. The highest BCUT2D eigenvalue weighted by atomic mass is 79.9. The molecular formula is C9H8BrF2NO. The second-order valence-electron chi connectivity index (χ2n) is 3.27. The van der Waals surface area contributed by atoms with Crippen LogP contribution in [0.25, 0.3) is 0 Å². The van der Waals surface area contributed by atoms with Crippen LogP contribution in [0.3, 0.4) is 0 Å². The molecule has 0 saturated heterocycles. The van der Waals surface area contributed by atoms with Crippen LogP contribution in [0.4, 0.5) is 8.78 Å². The van der Waals surface area contributed by atoms with E-state index in [1.807, 2.05) is 0 Å². The highest BCUT2D eigenvalue weighted by Gasteiger charge is 2.57. The Balaban J connectivity index is 1.87. The first kappa shape index (κ1) is 9.83. The summed E-state index contributed by atoms with van der Waals surface area (Å²) < 4.78 is 30.7. The van der Waals surface area contributed by atoms with E-state index in [4.69, 9.17) is 4.74 Å². The van der Waals surface area contributed by atoms with Crippen molar-refractivity contribution in [2.75, 3.05) is 6.61 Å². The van der Waals surface area contributed by atoms with Gasteiger partial charge in [-0.25, -0.2) is 13.8 Å². The van der Waals surface area contributed by atoms with Gasteiger partial charge in [-0.05, 0) is 22.0 Å². The van der Waals surface area contributed by atoms with Crippen molar-refractivity contribution in [3.8, 4) is 5.88 Å². The molecule has 0 aromatic carbocycles. The third-order valence-corrected chi connectivity index (χ3v) is 2.52. The number of rotatable bonds is 3. The van der Waals surface area contributed by atoms with Crippen molar-refractivity contribution in [3.05, 3.63) is 22.8 Å². The van der Waals surface area contributed by atoms with Gasteiger partial charge in [0.05, 0.1) is 12.5 Å². The second kappa shape index (κ2) is 3.46. The summed E-state index contributed by atoms with van der Waals surface area (Å²) in [6, 6.07) is 5.14. The van der Waals surface area contributed by atoms with E-state index in [2.05, 4.69) is 20.9 Å². The van der Waals surface area contributed by atoms with E-state index >= 15 is 0 Å². The number of pyridine rings is 1. The van der Waals surface area contributed by atoms with Gasteiger partial charge in [0.2, 0.25) is 5.88 Å². The Hall–Kier alpha value is -0.710. The molecule has 1 aromatic rings. The minimum atomic E-state index is -2.52. The fourth-order valence-corrected chi connectivity index (χ4v) is 1.43. The number of alkyl halides is 2. The van der Waals surface area contributed by atoms with Crippen molar-refractivity contribution in [3.63, 3.8) is 0 Å². The van der Waals surface area contributed by atoms with Crippen LogP contribution in [0.1, 0.15) is 6.42 Å². The molecule has 14 heavy (non-hydrogen) atoms. The number of ether oxygens (including phenoxy) is 1. The first-order valence-electron chi connectivity index (χ1n) is 4.21. The van der Waals surface area contributed by atoms with E-state index in [1.54, 1.807) is 18.2 Å². The summed E-state index contributed by atoms with van der Waals surface area (Å²) in [5.41, 5.74) is 0. The average molecular weight is 264 g/mol. The zero-order valence-electron chi connectivity index (χ0n) is 7.21. The standard InChI is InChI=1S/C9H8BrF2NO/c10-7-2-1-3-8(13-7)14-5-6-4-9(6,11)12/h1-3,6H,4-5H2/t6-/m1/s1. The minimum Gasteiger partial charge on any atom is -0.477 e. The maximum atomic E-state index is 12.5. The number of halogens is 3. The fraction of sp³-hybridized carbons (Fsp3) is 0.444. The summed E-state index contributed by atoms with van der Waals surface area (Å²) in [7, 11) is 0. The molecule has 1 aliphatic rings. The largest absolute Gasteiger partial charge is 0.477 e. The summed E-state index contributed by atoms with van der Waals surface area (Å²) in [5.74, 6) is -2.78. The van der Waals surface area contributed by atoms with Crippen molar-refractivity contribution in [2.45, 2.75) is 12.3 Å². The lowest BCUT2D eigenvalue weighted by Crippen LogP contribution is -2.06. The Labute approximate surface area is 88.4 Å². The van der Waals surface area contributed by atoms with Gasteiger partial charge in [-0.1, -0.05) is 6.07 Å². The van der Waals surface area contributed by atoms with Gasteiger partial charge in [0.25, 0.3) is 5.92 Å². The second-order valence-corrected chi connectivity index (χ2v) is 4.08. The molecule has 1 aliphatic carbocycles. The maximum Gasteiger partial charge on any atom is 0.255 e. The van der Waals surface area contributed by atoms with E-state index in [-0.39, 0.29) is 13.0 Å². The minimum absolute atomic E-state index is 0.0381. The molecule has 0 radical (unpaired) electrons. The van der Waals surface area contributed by atoms with Crippen LogP contribution >= 0.6 is 15.9 Å². The maximum absolute atomic E-state index is 12.5. The summed E-state index contributed by atoms with van der Waals surface area (Å²) >= 11 is 3.17. The number of aromatic nitrogens is 1. The molecule has 0 N–H and O–H groups in total. The van der Waals surface area contributed by atoms with E-state index in [0.29, 0.717) is 10.5 Å². The third kappa shape index (κ3) is 2.20. The van der Waals surface area contributed by atoms with Gasteiger partial charge in [-0.15, -0.1) is 0 Å². The first-order chi connectivity index (χ1) is 6.58. The smallest absolute Gasteiger partial charge is 0.255 e. The van der Waals surface area contributed by atoms with Crippen LogP contribution < -0.4 is 4.74 Å². The topological polar surface area (TPSA) is 22.1 Å². The van der Waals surface area contributed by atoms with Gasteiger partial charge < -0.3 is 4.74 Å². The molecular weight excluding hydrogens is 256 g/mol. The van der Waals surface area contributed by atoms with Crippen LogP contribution in [0.2, 0.25) is 0 Å². The van der Waals surface area contributed by atoms with Gasteiger partial charge in [0.1, 0.15) is 4.60 Å². The monoisotopic (exact) mass is 263 g/mol. The van der Waals surface area contributed by atoms with Crippen LogP contribution in [0.5, 0.6) is 5.88 Å². The van der Waals surface area contributed by atoms with Crippen molar-refractivity contribution < 1.29 is 13.5 Å². The lowest BCUT2D eigenvalue weighted by Gasteiger charge is -2.03. The van der Waals surface area contributed by atoms with Gasteiger partial charge in [0, 0.05) is 12.5 Å². The van der Waals surface area contributed by atoms with Gasteiger partial charge >= 0.3 is 0 Å². The molecule has 0 aliphatic heterocycles. The van der Waals surface area contributed by atoms with E-state index < -0.39 is 11.8 Å². The fourth-order valence-electron chi connectivity index (χ4n) is 1.11. The molecule has 1 heterocycles. The van der Waals surface area contributed by atoms with Crippen LogP contribution in [-0.2, 0) is 0 Å². The Bertz CT molecular complexity index is 345. The lowest BCUT2D eigenvalue weighted by molar-refractivity contribution is 0.0849. The average Bonchev–Trinajstić information content (AvgIpc) is 2.71. The van der Waals surface area contributed by atoms with Crippen LogP contribution in [0.15, 0.2) is 22.8 Å². The zero-order chi connectivity index (χ0) is 10.2. The molecule has 1 fully saturated rings. The molecule has 1 atom stereocenters. The molecule has 0 spiro atoms. The molecule has 1 saturated carbocycles. The summed E-state index contributed by atoms with van der Waals surface area (Å²) in [4.78, 5) is 3.97. The van der Waals surface area contributed by atoms with Crippen molar-refractivity contribution in [1.82, 2.24) is 4.98 Å². The zero-order valence-corrected chi connectivity index (χ0v) is 8.80. The molecule has 1 aromatic heterocycles. The highest BCUT2D eigenvalue weighted by Crippen LogP contribution is 2.48. The number of hydrogen-bond donors (Lipinski definition) is 0. The first-order valence-corrected chi connectivity index (χ1v) is 5.00. The van der Waals surface area contributed by atoms with Gasteiger partial charge in [-0.3, -0.25) is 0 Å². The van der Waals surface area contributed by atoms with Crippen LogP contribution in [0, 0.1) is 5.92 Å². The van der Waals surface area contributed by atoms with E-state index in [9.17, 15) is 8.78 Å². The molecule has 0 amide bonds. The Morgan fingerprint density at radius 1 is 1.57 bits per heavy atom. The molecule has 0 unspecified atom stereocenters. The normalized spacial score (nSPS) is 23.2. The predicted molar refractivity (Wildman–Crippen MR) is 50.5 cm³/mol. The lowest BCUT2D eigenvalue weighted by atomic mass is 10.4. The molecule has 5 heteroatoms. The van der Waals surface area contributed by atoms with Gasteiger partial charge in [-0.2, -0.15) is 0 Å². The molecule has 2 nitrogen and oxygen atoms in total. The Kier molecular flexibility index (Phi) is 2.43. The molecule has 2 rings (SSSR count). The van der Waals surface area contributed by atoms with E-state index in [1.165, 1.54) is 0 Å². The summed E-state index contributed by atoms with van der Waals surface area (Å²) in [6.07, 6.45) is -0.0684. The number of nitrogens with zero attached hydrogens (tertiary/aromatic N) is 1. The number of hydrogen-bond acceptors (Lipinski definition) is 2. The Morgan fingerprint density at radius 3 is 2.86 bits per heavy atom. The van der Waals surface area contributed by atoms with Gasteiger partial charge in [0.15, 0.2) is 0 Å². The SMILES string of the molecule is FC1(F)C[C@@H]1COc1cccc(Br)n1. The summed E-state index contributed by atoms with van der Waals surface area (Å²) in [6.45, 7) is 0.0381. The molecule has 76 valence electrons. The van der Waals surface area contributed by atoms with Crippen molar-refractivity contribution in [1.29, 1.82) is 0 Å². The van der Waals surface area contributed by atoms with Crippen LogP contribution in [-0.4, -0.2) is 17.5 Å². The predicted octanol–water partition coefficient (Wildman–Crippen LogP) is 2.88. The molecule has 0 bridgehead atoms. The summed E-state index contributed by atoms with van der Waals surface area (Å²) in [5, 5.41) is 0. The highest BCUT2D eigenvalue weighted by molar-refractivity contribution is 9.10. The third-order valence-electron chi connectivity index (χ3n) is 2.08. The van der Waals surface area contributed by atoms with E-state index in [0.717, 1.165) is 0 Å². The Morgan fingerprint density at radius 2 is 2.29 bits per heavy atom. The van der Waals surface area contributed by atoms with Crippen molar-refractivity contribution in [2.24, 2.45) is 5.92 Å². The van der Waals surface area contributed by atoms with Crippen molar-refractivity contribution >= 4 is 15.9 Å².